The van der Waals surface area contributed by atoms with Crippen molar-refractivity contribution < 1.29 is 23.7 Å². The van der Waals surface area contributed by atoms with Crippen LogP contribution in [0.4, 0.5) is 0 Å². The van der Waals surface area contributed by atoms with Gasteiger partial charge in [-0.05, 0) is 13.8 Å². The van der Waals surface area contributed by atoms with E-state index in [-0.39, 0.29) is 5.92 Å². The lowest BCUT2D eigenvalue weighted by molar-refractivity contribution is -0.470. The lowest BCUT2D eigenvalue weighted by atomic mass is 10.1. The van der Waals surface area contributed by atoms with Crippen molar-refractivity contribution in [2.45, 2.75) is 25.9 Å². The number of hydrogen-bond donors (Lipinski definition) is 0. The molecule has 3 aliphatic rings. The monoisotopic (exact) mass is 228 g/mol. The van der Waals surface area contributed by atoms with Crippen LogP contribution in [0.15, 0.2) is 12.2 Å². The molecule has 0 spiro atoms. The average molecular weight is 228 g/mol. The molecule has 5 heteroatoms. The summed E-state index contributed by atoms with van der Waals surface area (Å²) in [4.78, 5) is 11.4. The third-order valence-electron chi connectivity index (χ3n) is 2.69. The van der Waals surface area contributed by atoms with Gasteiger partial charge in [0.15, 0.2) is 6.10 Å². The molecular formula is C11H16O5. The topological polar surface area (TPSA) is 54.0 Å². The second-order valence-electron chi connectivity index (χ2n) is 4.23. The summed E-state index contributed by atoms with van der Waals surface area (Å²) in [5, 5.41) is 0. The maximum Gasteiger partial charge on any atom is 0.333 e. The normalized spacial score (nSPS) is 34.5. The zero-order valence-electron chi connectivity index (χ0n) is 9.52. The van der Waals surface area contributed by atoms with Crippen molar-refractivity contribution in [1.82, 2.24) is 0 Å². The Bertz CT molecular complexity index is 290. The first-order valence-corrected chi connectivity index (χ1v) is 5.32. The summed E-state index contributed by atoms with van der Waals surface area (Å²) in [6, 6.07) is 0. The van der Waals surface area contributed by atoms with Crippen LogP contribution < -0.4 is 0 Å². The zero-order valence-corrected chi connectivity index (χ0v) is 9.52. The van der Waals surface area contributed by atoms with E-state index in [1.807, 2.05) is 0 Å². The highest BCUT2D eigenvalue weighted by atomic mass is 16.9. The highest BCUT2D eigenvalue weighted by Crippen LogP contribution is 2.34. The number of carbonyl (C=O) groups is 1. The van der Waals surface area contributed by atoms with E-state index in [1.165, 1.54) is 0 Å². The molecule has 0 aromatic heterocycles. The molecule has 0 aliphatic carbocycles. The van der Waals surface area contributed by atoms with E-state index in [9.17, 15) is 4.79 Å². The van der Waals surface area contributed by atoms with Crippen LogP contribution in [0.1, 0.15) is 13.8 Å². The molecule has 0 aromatic rings. The summed E-state index contributed by atoms with van der Waals surface area (Å²) in [6.07, 6.45) is -0.613. The Morgan fingerprint density at radius 2 is 1.88 bits per heavy atom. The van der Waals surface area contributed by atoms with Crippen molar-refractivity contribution in [2.24, 2.45) is 5.92 Å². The fourth-order valence-electron chi connectivity index (χ4n) is 1.66. The fraction of sp³-hybridized carbons (Fsp3) is 0.727. The van der Waals surface area contributed by atoms with Crippen LogP contribution in [0.2, 0.25) is 0 Å². The Morgan fingerprint density at radius 1 is 1.38 bits per heavy atom. The fourth-order valence-corrected chi connectivity index (χ4v) is 1.66. The Balaban J connectivity index is 2.00. The van der Waals surface area contributed by atoms with Gasteiger partial charge < -0.3 is 18.9 Å². The first kappa shape index (κ1) is 11.6. The molecule has 1 unspecified atom stereocenters. The molecule has 0 aromatic carbocycles. The Morgan fingerprint density at radius 3 is 2.31 bits per heavy atom. The van der Waals surface area contributed by atoms with E-state index in [0.29, 0.717) is 25.4 Å². The van der Waals surface area contributed by atoms with Crippen LogP contribution >= 0.6 is 0 Å². The highest BCUT2D eigenvalue weighted by Gasteiger charge is 2.50. The van der Waals surface area contributed by atoms with Gasteiger partial charge in [0.2, 0.25) is 0 Å². The Labute approximate surface area is 94.3 Å². The molecule has 1 atom stereocenters. The molecule has 3 heterocycles. The minimum Gasteiger partial charge on any atom is -0.451 e. The molecule has 3 saturated heterocycles. The first-order chi connectivity index (χ1) is 7.53. The lowest BCUT2D eigenvalue weighted by Crippen LogP contribution is -2.60. The summed E-state index contributed by atoms with van der Waals surface area (Å²) in [6.45, 7) is 8.53. The second-order valence-corrected chi connectivity index (χ2v) is 4.23. The van der Waals surface area contributed by atoms with Gasteiger partial charge >= 0.3 is 11.9 Å². The maximum absolute atomic E-state index is 11.4. The van der Waals surface area contributed by atoms with Gasteiger partial charge in [-0.15, -0.1) is 0 Å². The molecular weight excluding hydrogens is 212 g/mol. The van der Waals surface area contributed by atoms with Crippen molar-refractivity contribution in [3.8, 4) is 0 Å². The summed E-state index contributed by atoms with van der Waals surface area (Å²) in [5.41, 5.74) is 0.341. The van der Waals surface area contributed by atoms with Crippen molar-refractivity contribution in [1.29, 1.82) is 0 Å². The van der Waals surface area contributed by atoms with Gasteiger partial charge in [-0.3, -0.25) is 0 Å². The SMILES string of the molecule is C=C(C)C(=O)OC(C)C12OCC(CO1)CO2. The number of ether oxygens (including phenoxy) is 4. The third-order valence-corrected chi connectivity index (χ3v) is 2.69. The van der Waals surface area contributed by atoms with Crippen molar-refractivity contribution >= 4 is 5.97 Å². The van der Waals surface area contributed by atoms with Crippen LogP contribution in [-0.4, -0.2) is 37.9 Å². The molecule has 16 heavy (non-hydrogen) atoms. The van der Waals surface area contributed by atoms with E-state index in [0.717, 1.165) is 0 Å². The number of esters is 1. The molecule has 3 aliphatic heterocycles. The molecule has 0 radical (unpaired) electrons. The standard InChI is InChI=1S/C11H16O5/c1-7(2)10(12)16-8(3)11-13-4-9(5-14-11)6-15-11/h8-9H,1,4-6H2,2-3H3. The molecule has 3 rings (SSSR count). The number of fused-ring (bicyclic) bond motifs is 3. The Kier molecular flexibility index (Phi) is 3.01. The second kappa shape index (κ2) is 4.16. The van der Waals surface area contributed by atoms with Crippen LogP contribution in [0.5, 0.6) is 0 Å². The minimum atomic E-state index is -1.22. The zero-order chi connectivity index (χ0) is 11.8. The van der Waals surface area contributed by atoms with Crippen molar-refractivity contribution in [3.63, 3.8) is 0 Å². The van der Waals surface area contributed by atoms with Gasteiger partial charge in [-0.2, -0.15) is 0 Å². The first-order valence-electron chi connectivity index (χ1n) is 5.32. The van der Waals surface area contributed by atoms with Gasteiger partial charge in [0.05, 0.1) is 19.8 Å². The predicted molar refractivity (Wildman–Crippen MR) is 54.4 cm³/mol. The van der Waals surface area contributed by atoms with Crippen molar-refractivity contribution in [3.05, 3.63) is 12.2 Å². The third kappa shape index (κ3) is 1.98. The lowest BCUT2D eigenvalue weighted by Gasteiger charge is -2.47. The summed E-state index contributed by atoms with van der Waals surface area (Å²) in [5.74, 6) is -1.41. The van der Waals surface area contributed by atoms with Crippen LogP contribution in [-0.2, 0) is 23.7 Å². The predicted octanol–water partition coefficient (Wildman–Crippen LogP) is 0.841. The van der Waals surface area contributed by atoms with Gasteiger partial charge in [-0.1, -0.05) is 6.58 Å². The number of hydrogen-bond acceptors (Lipinski definition) is 5. The molecule has 90 valence electrons. The minimum absolute atomic E-state index is 0.283. The van der Waals surface area contributed by atoms with E-state index in [2.05, 4.69) is 6.58 Å². The molecule has 2 bridgehead atoms. The summed E-state index contributed by atoms with van der Waals surface area (Å²) >= 11 is 0. The molecule has 3 fully saturated rings. The van der Waals surface area contributed by atoms with Gasteiger partial charge in [0.1, 0.15) is 0 Å². The molecule has 0 amide bonds. The smallest absolute Gasteiger partial charge is 0.333 e. The number of carbonyl (C=O) groups excluding carboxylic acids is 1. The van der Waals surface area contributed by atoms with Crippen LogP contribution in [0.25, 0.3) is 0 Å². The molecule has 0 N–H and O–H groups in total. The summed E-state index contributed by atoms with van der Waals surface area (Å²) < 4.78 is 21.5. The summed E-state index contributed by atoms with van der Waals surface area (Å²) in [7, 11) is 0. The quantitative estimate of drug-likeness (QED) is 0.529. The molecule has 5 nitrogen and oxygen atoms in total. The van der Waals surface area contributed by atoms with Gasteiger partial charge in [0.25, 0.3) is 0 Å². The van der Waals surface area contributed by atoms with E-state index >= 15 is 0 Å². The average Bonchev–Trinajstić information content (AvgIpc) is 2.31. The van der Waals surface area contributed by atoms with Crippen molar-refractivity contribution in [2.75, 3.05) is 19.8 Å². The van der Waals surface area contributed by atoms with Gasteiger partial charge in [0, 0.05) is 11.5 Å². The van der Waals surface area contributed by atoms with Crippen LogP contribution in [0.3, 0.4) is 0 Å². The van der Waals surface area contributed by atoms with Gasteiger partial charge in [-0.25, -0.2) is 4.79 Å². The largest absolute Gasteiger partial charge is 0.451 e. The van der Waals surface area contributed by atoms with Crippen LogP contribution in [0, 0.1) is 5.92 Å². The van der Waals surface area contributed by atoms with E-state index < -0.39 is 18.0 Å². The maximum atomic E-state index is 11.4. The van der Waals surface area contributed by atoms with E-state index in [1.54, 1.807) is 13.8 Å². The Hall–Kier alpha value is -0.910. The van der Waals surface area contributed by atoms with E-state index in [4.69, 9.17) is 18.9 Å². The molecule has 0 saturated carbocycles. The highest BCUT2D eigenvalue weighted by molar-refractivity contribution is 5.87. The number of rotatable bonds is 3.